The zero-order valence-electron chi connectivity index (χ0n) is 11.1. The van der Waals surface area contributed by atoms with Crippen molar-refractivity contribution in [3.8, 4) is 5.75 Å². The van der Waals surface area contributed by atoms with Gasteiger partial charge in [0.15, 0.2) is 0 Å². The van der Waals surface area contributed by atoms with Crippen LogP contribution in [0.25, 0.3) is 10.9 Å². The van der Waals surface area contributed by atoms with Gasteiger partial charge in [-0.25, -0.2) is 0 Å². The summed E-state index contributed by atoms with van der Waals surface area (Å²) in [5.41, 5.74) is 2.09. The number of hydrogen-bond acceptors (Lipinski definition) is 4. The smallest absolute Gasteiger partial charge is 0.119 e. The first kappa shape index (κ1) is 12.2. The molecular formula is C15H19N3O. The van der Waals surface area contributed by atoms with E-state index < -0.39 is 0 Å². The first-order valence-corrected chi connectivity index (χ1v) is 6.76. The van der Waals surface area contributed by atoms with Crippen LogP contribution in [0.5, 0.6) is 5.75 Å². The van der Waals surface area contributed by atoms with Crippen molar-refractivity contribution in [1.82, 2.24) is 10.3 Å². The van der Waals surface area contributed by atoms with Crippen molar-refractivity contribution in [2.45, 2.75) is 18.9 Å². The zero-order valence-corrected chi connectivity index (χ0v) is 11.1. The van der Waals surface area contributed by atoms with Gasteiger partial charge in [-0.2, -0.15) is 0 Å². The molecule has 0 aliphatic carbocycles. The predicted octanol–water partition coefficient (Wildman–Crippen LogP) is 2.41. The number of aromatic nitrogens is 1. The fourth-order valence-electron chi connectivity index (χ4n) is 2.52. The highest BCUT2D eigenvalue weighted by molar-refractivity contribution is 5.83. The van der Waals surface area contributed by atoms with E-state index in [1.165, 1.54) is 0 Å². The molecule has 1 aromatic carbocycles. The molecule has 0 spiro atoms. The standard InChI is InChI=1S/C15H19N3O/c1-19-14-2-3-15-11(9-14)8-13(10-17-15)18-12-4-6-16-7-5-12/h2-3,8-10,12,16,18H,4-7H2,1H3. The molecule has 0 atom stereocenters. The van der Waals surface area contributed by atoms with Crippen molar-refractivity contribution in [2.75, 3.05) is 25.5 Å². The van der Waals surface area contributed by atoms with Gasteiger partial charge < -0.3 is 15.4 Å². The number of pyridine rings is 1. The maximum Gasteiger partial charge on any atom is 0.119 e. The molecule has 0 bridgehead atoms. The molecular weight excluding hydrogens is 238 g/mol. The zero-order chi connectivity index (χ0) is 13.1. The number of nitrogens with one attached hydrogen (secondary N) is 2. The number of fused-ring (bicyclic) bond motifs is 1. The van der Waals surface area contributed by atoms with E-state index in [0.29, 0.717) is 6.04 Å². The van der Waals surface area contributed by atoms with Crippen LogP contribution < -0.4 is 15.4 Å². The molecule has 0 saturated carbocycles. The number of anilines is 1. The molecule has 2 heterocycles. The van der Waals surface area contributed by atoms with Crippen LogP contribution in [0.1, 0.15) is 12.8 Å². The third kappa shape index (κ3) is 2.79. The van der Waals surface area contributed by atoms with Gasteiger partial charge in [-0.3, -0.25) is 4.98 Å². The molecule has 1 aliphatic rings. The molecule has 0 amide bonds. The van der Waals surface area contributed by atoms with Crippen LogP contribution >= 0.6 is 0 Å². The van der Waals surface area contributed by atoms with Crippen molar-refractivity contribution < 1.29 is 4.74 Å². The van der Waals surface area contributed by atoms with Gasteiger partial charge in [0.1, 0.15) is 5.75 Å². The molecule has 0 unspecified atom stereocenters. The van der Waals surface area contributed by atoms with Gasteiger partial charge in [-0.05, 0) is 50.2 Å². The summed E-state index contributed by atoms with van der Waals surface area (Å²) in [5, 5.41) is 8.05. The van der Waals surface area contributed by atoms with Gasteiger partial charge in [0.2, 0.25) is 0 Å². The quantitative estimate of drug-likeness (QED) is 0.886. The summed E-state index contributed by atoms with van der Waals surface area (Å²) in [5.74, 6) is 0.869. The lowest BCUT2D eigenvalue weighted by atomic mass is 10.1. The lowest BCUT2D eigenvalue weighted by molar-refractivity contribution is 0.415. The predicted molar refractivity (Wildman–Crippen MR) is 77.8 cm³/mol. The molecule has 2 N–H and O–H groups in total. The van der Waals surface area contributed by atoms with E-state index in [-0.39, 0.29) is 0 Å². The minimum absolute atomic E-state index is 0.547. The number of methoxy groups -OCH3 is 1. The van der Waals surface area contributed by atoms with E-state index in [2.05, 4.69) is 21.7 Å². The van der Waals surface area contributed by atoms with Crippen LogP contribution in [0.4, 0.5) is 5.69 Å². The first-order valence-electron chi connectivity index (χ1n) is 6.76. The van der Waals surface area contributed by atoms with Crippen LogP contribution in [0.2, 0.25) is 0 Å². The van der Waals surface area contributed by atoms with Crippen molar-refractivity contribution in [1.29, 1.82) is 0 Å². The van der Waals surface area contributed by atoms with Crippen LogP contribution in [-0.4, -0.2) is 31.2 Å². The first-order chi connectivity index (χ1) is 9.35. The summed E-state index contributed by atoms with van der Waals surface area (Å²) in [6, 6.07) is 8.65. The number of nitrogens with zero attached hydrogens (tertiary/aromatic N) is 1. The van der Waals surface area contributed by atoms with Crippen LogP contribution in [0, 0.1) is 0 Å². The molecule has 4 heteroatoms. The van der Waals surface area contributed by atoms with Gasteiger partial charge >= 0.3 is 0 Å². The number of piperidine rings is 1. The summed E-state index contributed by atoms with van der Waals surface area (Å²) < 4.78 is 5.26. The van der Waals surface area contributed by atoms with Crippen LogP contribution in [-0.2, 0) is 0 Å². The largest absolute Gasteiger partial charge is 0.497 e. The maximum absolute atomic E-state index is 5.26. The molecule has 0 radical (unpaired) electrons. The number of benzene rings is 1. The third-order valence-electron chi connectivity index (χ3n) is 3.60. The van der Waals surface area contributed by atoms with E-state index in [9.17, 15) is 0 Å². The molecule has 100 valence electrons. The Labute approximate surface area is 113 Å². The summed E-state index contributed by atoms with van der Waals surface area (Å²) >= 11 is 0. The van der Waals surface area contributed by atoms with Gasteiger partial charge in [-0.15, -0.1) is 0 Å². The summed E-state index contributed by atoms with van der Waals surface area (Å²) in [7, 11) is 1.69. The fourth-order valence-corrected chi connectivity index (χ4v) is 2.52. The highest BCUT2D eigenvalue weighted by Gasteiger charge is 2.12. The van der Waals surface area contributed by atoms with E-state index in [1.54, 1.807) is 7.11 Å². The fraction of sp³-hybridized carbons (Fsp3) is 0.400. The highest BCUT2D eigenvalue weighted by Crippen LogP contribution is 2.22. The van der Waals surface area contributed by atoms with Crippen molar-refractivity contribution in [3.05, 3.63) is 30.5 Å². The lowest BCUT2D eigenvalue weighted by Gasteiger charge is -2.24. The number of hydrogen-bond donors (Lipinski definition) is 2. The maximum atomic E-state index is 5.26. The Morgan fingerprint density at radius 2 is 2.11 bits per heavy atom. The van der Waals surface area contributed by atoms with Crippen LogP contribution in [0.3, 0.4) is 0 Å². The van der Waals surface area contributed by atoms with Crippen molar-refractivity contribution in [2.24, 2.45) is 0 Å². The normalized spacial score (nSPS) is 16.5. The van der Waals surface area contributed by atoms with Crippen LogP contribution in [0.15, 0.2) is 30.5 Å². The molecule has 1 aliphatic heterocycles. The Balaban J connectivity index is 1.83. The minimum atomic E-state index is 0.547. The molecule has 2 aromatic rings. The summed E-state index contributed by atoms with van der Waals surface area (Å²) in [6.45, 7) is 2.18. The Morgan fingerprint density at radius 3 is 2.89 bits per heavy atom. The number of ether oxygens (including phenoxy) is 1. The Kier molecular flexibility index (Phi) is 3.51. The molecule has 3 rings (SSSR count). The lowest BCUT2D eigenvalue weighted by Crippen LogP contribution is -2.35. The summed E-state index contributed by atoms with van der Waals surface area (Å²) in [6.07, 6.45) is 4.24. The second-order valence-corrected chi connectivity index (χ2v) is 4.95. The number of rotatable bonds is 3. The molecule has 1 saturated heterocycles. The second kappa shape index (κ2) is 5.45. The van der Waals surface area contributed by atoms with Gasteiger partial charge in [0.25, 0.3) is 0 Å². The van der Waals surface area contributed by atoms with Gasteiger partial charge in [0.05, 0.1) is 24.5 Å². The monoisotopic (exact) mass is 257 g/mol. The van der Waals surface area contributed by atoms with E-state index >= 15 is 0 Å². The molecule has 19 heavy (non-hydrogen) atoms. The van der Waals surface area contributed by atoms with Crippen molar-refractivity contribution >= 4 is 16.6 Å². The Hall–Kier alpha value is -1.81. The van der Waals surface area contributed by atoms with Gasteiger partial charge in [0, 0.05) is 11.4 Å². The minimum Gasteiger partial charge on any atom is -0.497 e. The average molecular weight is 257 g/mol. The van der Waals surface area contributed by atoms with E-state index in [0.717, 1.165) is 48.3 Å². The van der Waals surface area contributed by atoms with E-state index in [4.69, 9.17) is 4.74 Å². The topological polar surface area (TPSA) is 46.2 Å². The molecule has 1 aromatic heterocycles. The van der Waals surface area contributed by atoms with E-state index in [1.807, 2.05) is 24.4 Å². The third-order valence-corrected chi connectivity index (χ3v) is 3.60. The second-order valence-electron chi connectivity index (χ2n) is 4.95. The SMILES string of the molecule is COc1ccc2ncc(NC3CCNCC3)cc2c1. The molecule has 1 fully saturated rings. The van der Waals surface area contributed by atoms with Crippen molar-refractivity contribution in [3.63, 3.8) is 0 Å². The summed E-state index contributed by atoms with van der Waals surface area (Å²) in [4.78, 5) is 4.49. The molecule has 4 nitrogen and oxygen atoms in total. The van der Waals surface area contributed by atoms with Gasteiger partial charge in [-0.1, -0.05) is 0 Å². The average Bonchev–Trinajstić information content (AvgIpc) is 2.47. The Morgan fingerprint density at radius 1 is 1.26 bits per heavy atom. The highest BCUT2D eigenvalue weighted by atomic mass is 16.5. The Bertz CT molecular complexity index is 564.